The van der Waals surface area contributed by atoms with Gasteiger partial charge in [-0.2, -0.15) is 0 Å². The lowest BCUT2D eigenvalue weighted by atomic mass is 10.2. The van der Waals surface area contributed by atoms with Crippen LogP contribution in [0.1, 0.15) is 16.2 Å². The molecule has 2 N–H and O–H groups in total. The second kappa shape index (κ2) is 7.11. The van der Waals surface area contributed by atoms with Gasteiger partial charge in [-0.3, -0.25) is 4.79 Å². The smallest absolute Gasteiger partial charge is 0.251 e. The topological polar surface area (TPSA) is 67.0 Å². The van der Waals surface area contributed by atoms with Gasteiger partial charge in [0.15, 0.2) is 0 Å². The van der Waals surface area contributed by atoms with E-state index in [2.05, 4.69) is 15.3 Å². The Kier molecular flexibility index (Phi) is 4.92. The van der Waals surface area contributed by atoms with E-state index in [9.17, 15) is 4.79 Å². The fourth-order valence-corrected chi connectivity index (χ4v) is 2.62. The Balaban J connectivity index is 1.61. The summed E-state index contributed by atoms with van der Waals surface area (Å²) in [5, 5.41) is 3.61. The fourth-order valence-electron chi connectivity index (χ4n) is 2.32. The highest BCUT2D eigenvalue weighted by Gasteiger charge is 2.09. The first kappa shape index (κ1) is 16.6. The summed E-state index contributed by atoms with van der Waals surface area (Å²) in [5.41, 5.74) is 2.24. The van der Waals surface area contributed by atoms with Gasteiger partial charge in [0.05, 0.1) is 28.2 Å². The van der Waals surface area contributed by atoms with Crippen LogP contribution in [0.3, 0.4) is 0 Å². The van der Waals surface area contributed by atoms with E-state index in [1.165, 1.54) is 0 Å². The van der Waals surface area contributed by atoms with Crippen molar-refractivity contribution in [3.8, 4) is 5.75 Å². The van der Waals surface area contributed by atoms with E-state index >= 15 is 0 Å². The minimum absolute atomic E-state index is 0.202. The number of carbonyl (C=O) groups excluding carboxylic acids is 1. The number of aromatic nitrogens is 2. The molecule has 3 rings (SSSR count). The van der Waals surface area contributed by atoms with Crippen LogP contribution in [0.2, 0.25) is 10.0 Å². The van der Waals surface area contributed by atoms with Crippen molar-refractivity contribution >= 4 is 40.1 Å². The zero-order valence-electron chi connectivity index (χ0n) is 12.9. The van der Waals surface area contributed by atoms with E-state index in [-0.39, 0.29) is 5.91 Å². The Bertz CT molecular complexity index is 893. The summed E-state index contributed by atoms with van der Waals surface area (Å²) in [5.74, 6) is 1.37. The van der Waals surface area contributed by atoms with E-state index in [1.807, 2.05) is 18.2 Å². The number of carbonyl (C=O) groups is 1. The molecule has 7 heteroatoms. The van der Waals surface area contributed by atoms with E-state index in [0.717, 1.165) is 22.6 Å². The maximum atomic E-state index is 12.1. The molecular weight excluding hydrogens is 349 g/mol. The van der Waals surface area contributed by atoms with Crippen LogP contribution in [0.5, 0.6) is 5.75 Å². The van der Waals surface area contributed by atoms with Crippen LogP contribution >= 0.6 is 23.2 Å². The van der Waals surface area contributed by atoms with Gasteiger partial charge in [-0.05, 0) is 30.3 Å². The molecule has 0 unspecified atom stereocenters. The highest BCUT2D eigenvalue weighted by Crippen LogP contribution is 2.22. The average molecular weight is 364 g/mol. The number of benzene rings is 2. The molecule has 0 radical (unpaired) electrons. The molecule has 0 spiro atoms. The predicted molar refractivity (Wildman–Crippen MR) is 95.1 cm³/mol. The summed E-state index contributed by atoms with van der Waals surface area (Å²) >= 11 is 11.8. The standard InChI is InChI=1S/C17H15Cl2N3O2/c1-24-11-3-5-14-15(9-11)22-16(21-14)6-7-20-17(23)10-2-4-12(18)13(19)8-10/h2-5,8-9H,6-7H2,1H3,(H,20,23)(H,21,22). The van der Waals surface area contributed by atoms with Crippen molar-refractivity contribution in [2.24, 2.45) is 0 Å². The lowest BCUT2D eigenvalue weighted by Gasteiger charge is -2.05. The van der Waals surface area contributed by atoms with Gasteiger partial charge in [0, 0.05) is 24.6 Å². The molecule has 0 aliphatic rings. The van der Waals surface area contributed by atoms with Crippen LogP contribution in [-0.2, 0) is 6.42 Å². The molecule has 1 heterocycles. The first-order chi connectivity index (χ1) is 11.6. The van der Waals surface area contributed by atoms with Crippen molar-refractivity contribution in [2.75, 3.05) is 13.7 Å². The van der Waals surface area contributed by atoms with E-state index in [0.29, 0.717) is 28.6 Å². The van der Waals surface area contributed by atoms with Gasteiger partial charge in [0.1, 0.15) is 11.6 Å². The Hall–Kier alpha value is -2.24. The maximum absolute atomic E-state index is 12.1. The molecule has 2 aromatic carbocycles. The van der Waals surface area contributed by atoms with Crippen molar-refractivity contribution < 1.29 is 9.53 Å². The van der Waals surface area contributed by atoms with Crippen molar-refractivity contribution in [1.29, 1.82) is 0 Å². The van der Waals surface area contributed by atoms with Crippen molar-refractivity contribution in [3.05, 3.63) is 57.8 Å². The molecule has 24 heavy (non-hydrogen) atoms. The Morgan fingerprint density at radius 2 is 2.04 bits per heavy atom. The third-order valence-electron chi connectivity index (χ3n) is 3.57. The Morgan fingerprint density at radius 1 is 1.21 bits per heavy atom. The molecular formula is C17H15Cl2N3O2. The number of methoxy groups -OCH3 is 1. The van der Waals surface area contributed by atoms with Gasteiger partial charge >= 0.3 is 0 Å². The molecule has 0 aliphatic heterocycles. The first-order valence-corrected chi connectivity index (χ1v) is 8.08. The third-order valence-corrected chi connectivity index (χ3v) is 4.31. The minimum atomic E-state index is -0.202. The number of rotatable bonds is 5. The number of hydrogen-bond donors (Lipinski definition) is 2. The zero-order chi connectivity index (χ0) is 17.1. The second-order valence-electron chi connectivity index (χ2n) is 5.20. The molecule has 0 atom stereocenters. The van der Waals surface area contributed by atoms with Crippen LogP contribution in [0.15, 0.2) is 36.4 Å². The van der Waals surface area contributed by atoms with E-state index in [4.69, 9.17) is 27.9 Å². The molecule has 0 bridgehead atoms. The first-order valence-electron chi connectivity index (χ1n) is 7.32. The van der Waals surface area contributed by atoms with Gasteiger partial charge in [-0.25, -0.2) is 4.98 Å². The minimum Gasteiger partial charge on any atom is -0.497 e. The molecule has 0 saturated carbocycles. The largest absolute Gasteiger partial charge is 0.497 e. The molecule has 1 amide bonds. The van der Waals surface area contributed by atoms with Crippen molar-refractivity contribution in [3.63, 3.8) is 0 Å². The number of nitrogens with one attached hydrogen (secondary N) is 2. The van der Waals surface area contributed by atoms with Crippen LogP contribution in [-0.4, -0.2) is 29.5 Å². The summed E-state index contributed by atoms with van der Waals surface area (Å²) in [6.45, 7) is 0.454. The number of H-pyrrole nitrogens is 1. The summed E-state index contributed by atoms with van der Waals surface area (Å²) in [4.78, 5) is 19.8. The molecule has 1 aromatic heterocycles. The van der Waals surface area contributed by atoms with Gasteiger partial charge in [0.2, 0.25) is 0 Å². The SMILES string of the molecule is COc1ccc2nc(CCNC(=O)c3ccc(Cl)c(Cl)c3)[nH]c2c1. The fraction of sp³-hybridized carbons (Fsp3) is 0.176. The zero-order valence-corrected chi connectivity index (χ0v) is 14.4. The third kappa shape index (κ3) is 3.63. The van der Waals surface area contributed by atoms with Gasteiger partial charge in [0.25, 0.3) is 5.91 Å². The number of aromatic amines is 1. The van der Waals surface area contributed by atoms with Crippen LogP contribution in [0, 0.1) is 0 Å². The molecule has 124 valence electrons. The highest BCUT2D eigenvalue weighted by atomic mass is 35.5. The number of imidazole rings is 1. The monoisotopic (exact) mass is 363 g/mol. The van der Waals surface area contributed by atoms with Crippen LogP contribution in [0.25, 0.3) is 11.0 Å². The van der Waals surface area contributed by atoms with Gasteiger partial charge < -0.3 is 15.0 Å². The Morgan fingerprint density at radius 3 is 2.79 bits per heavy atom. The molecule has 5 nitrogen and oxygen atoms in total. The van der Waals surface area contributed by atoms with Crippen LogP contribution in [0.4, 0.5) is 0 Å². The summed E-state index contributed by atoms with van der Waals surface area (Å²) in [6, 6.07) is 10.4. The summed E-state index contributed by atoms with van der Waals surface area (Å²) < 4.78 is 5.19. The van der Waals surface area contributed by atoms with Gasteiger partial charge in [-0.15, -0.1) is 0 Å². The quantitative estimate of drug-likeness (QED) is 0.723. The molecule has 0 saturated heterocycles. The van der Waals surface area contributed by atoms with Crippen molar-refractivity contribution in [2.45, 2.75) is 6.42 Å². The molecule has 0 aliphatic carbocycles. The lowest BCUT2D eigenvalue weighted by molar-refractivity contribution is 0.0954. The highest BCUT2D eigenvalue weighted by molar-refractivity contribution is 6.42. The summed E-state index contributed by atoms with van der Waals surface area (Å²) in [6.07, 6.45) is 0.587. The van der Waals surface area contributed by atoms with E-state index in [1.54, 1.807) is 25.3 Å². The number of ether oxygens (including phenoxy) is 1. The number of fused-ring (bicyclic) bond motifs is 1. The lowest BCUT2D eigenvalue weighted by Crippen LogP contribution is -2.25. The molecule has 3 aromatic rings. The molecule has 0 fully saturated rings. The number of halogens is 2. The predicted octanol–water partition coefficient (Wildman–Crippen LogP) is 3.85. The summed E-state index contributed by atoms with van der Waals surface area (Å²) in [7, 11) is 1.62. The second-order valence-corrected chi connectivity index (χ2v) is 6.02. The number of hydrogen-bond acceptors (Lipinski definition) is 3. The van der Waals surface area contributed by atoms with Crippen LogP contribution < -0.4 is 10.1 Å². The number of amides is 1. The number of nitrogens with zero attached hydrogens (tertiary/aromatic N) is 1. The van der Waals surface area contributed by atoms with E-state index < -0.39 is 0 Å². The maximum Gasteiger partial charge on any atom is 0.251 e. The Labute approximate surface area is 148 Å². The normalized spacial score (nSPS) is 10.8. The van der Waals surface area contributed by atoms with Gasteiger partial charge in [-0.1, -0.05) is 23.2 Å². The van der Waals surface area contributed by atoms with Crippen molar-refractivity contribution in [1.82, 2.24) is 15.3 Å². The average Bonchev–Trinajstić information content (AvgIpc) is 2.98.